The Hall–Kier alpha value is -2.10. The first-order chi connectivity index (χ1) is 8.31. The molecule has 3 aromatic heterocycles. The minimum atomic E-state index is 0.791. The minimum absolute atomic E-state index is 0.791. The third-order valence-electron chi connectivity index (χ3n) is 2.72. The fourth-order valence-electron chi connectivity index (χ4n) is 1.85. The molecule has 3 heterocycles. The van der Waals surface area contributed by atoms with Gasteiger partial charge in [0.2, 0.25) is 0 Å². The van der Waals surface area contributed by atoms with Crippen molar-refractivity contribution < 1.29 is 4.42 Å². The van der Waals surface area contributed by atoms with Crippen LogP contribution in [0.2, 0.25) is 0 Å². The quantitative estimate of drug-likeness (QED) is 0.748. The van der Waals surface area contributed by atoms with Crippen LogP contribution in [-0.4, -0.2) is 15.0 Å². The van der Waals surface area contributed by atoms with Gasteiger partial charge in [0.05, 0.1) is 11.8 Å². The summed E-state index contributed by atoms with van der Waals surface area (Å²) in [5, 5.41) is 0. The van der Waals surface area contributed by atoms with E-state index in [1.807, 2.05) is 31.2 Å². The summed E-state index contributed by atoms with van der Waals surface area (Å²) in [5.41, 5.74) is 2.77. The van der Waals surface area contributed by atoms with Gasteiger partial charge in [0.25, 0.3) is 0 Å². The van der Waals surface area contributed by atoms with Crippen LogP contribution in [0.15, 0.2) is 34.9 Å². The topological polar surface area (TPSA) is 54.7 Å². The number of hydrogen-bond acceptors (Lipinski definition) is 3. The number of pyridine rings is 1. The van der Waals surface area contributed by atoms with E-state index in [-0.39, 0.29) is 0 Å². The molecule has 0 aromatic carbocycles. The van der Waals surface area contributed by atoms with E-state index in [1.54, 1.807) is 6.26 Å². The summed E-state index contributed by atoms with van der Waals surface area (Å²) in [4.78, 5) is 12.1. The number of aromatic amines is 1. The molecule has 0 aliphatic carbocycles. The van der Waals surface area contributed by atoms with E-state index in [4.69, 9.17) is 4.42 Å². The van der Waals surface area contributed by atoms with Crippen molar-refractivity contribution in [2.45, 2.75) is 19.8 Å². The van der Waals surface area contributed by atoms with Crippen molar-refractivity contribution >= 4 is 11.2 Å². The standard InChI is InChI=1S/C13H13N3O/c1-9-4-6-11-13(14-9)16-12(15-11)7-5-10-3-2-8-17-10/h2-4,6,8H,5,7H2,1H3,(H,14,15,16). The van der Waals surface area contributed by atoms with E-state index < -0.39 is 0 Å². The maximum Gasteiger partial charge on any atom is 0.177 e. The van der Waals surface area contributed by atoms with E-state index in [1.165, 1.54) is 0 Å². The molecule has 3 rings (SSSR count). The first kappa shape index (κ1) is 10.1. The van der Waals surface area contributed by atoms with Crippen LogP contribution in [0, 0.1) is 6.92 Å². The molecule has 0 fully saturated rings. The molecule has 1 N–H and O–H groups in total. The Morgan fingerprint density at radius 3 is 2.94 bits per heavy atom. The number of furan rings is 1. The van der Waals surface area contributed by atoms with Crippen molar-refractivity contribution in [1.29, 1.82) is 0 Å². The zero-order valence-corrected chi connectivity index (χ0v) is 9.60. The number of hydrogen-bond donors (Lipinski definition) is 1. The van der Waals surface area contributed by atoms with E-state index in [9.17, 15) is 0 Å². The third kappa shape index (κ3) is 2.06. The van der Waals surface area contributed by atoms with Gasteiger partial charge in [-0.2, -0.15) is 0 Å². The number of nitrogens with one attached hydrogen (secondary N) is 1. The Morgan fingerprint density at radius 2 is 2.12 bits per heavy atom. The van der Waals surface area contributed by atoms with Crippen LogP contribution in [0.4, 0.5) is 0 Å². The number of aryl methyl sites for hydroxylation is 3. The molecule has 0 aliphatic rings. The Balaban J connectivity index is 1.81. The third-order valence-corrected chi connectivity index (χ3v) is 2.72. The van der Waals surface area contributed by atoms with Crippen molar-refractivity contribution in [3.8, 4) is 0 Å². The van der Waals surface area contributed by atoms with Crippen LogP contribution in [0.25, 0.3) is 11.2 Å². The second kappa shape index (κ2) is 4.05. The van der Waals surface area contributed by atoms with Crippen molar-refractivity contribution in [1.82, 2.24) is 15.0 Å². The normalized spacial score (nSPS) is 11.1. The number of fused-ring (bicyclic) bond motifs is 1. The molecule has 0 saturated carbocycles. The van der Waals surface area contributed by atoms with Crippen LogP contribution in [-0.2, 0) is 12.8 Å². The Kier molecular flexibility index (Phi) is 2.40. The van der Waals surface area contributed by atoms with Gasteiger partial charge in [0.15, 0.2) is 5.65 Å². The first-order valence-electron chi connectivity index (χ1n) is 5.66. The Bertz CT molecular complexity index is 625. The molecule has 4 heteroatoms. The van der Waals surface area contributed by atoms with Gasteiger partial charge in [0, 0.05) is 18.5 Å². The highest BCUT2D eigenvalue weighted by Crippen LogP contribution is 2.11. The lowest BCUT2D eigenvalue weighted by Crippen LogP contribution is -1.91. The van der Waals surface area contributed by atoms with Crippen molar-refractivity contribution in [2.24, 2.45) is 0 Å². The highest BCUT2D eigenvalue weighted by atomic mass is 16.3. The molecule has 0 bridgehead atoms. The number of nitrogens with zero attached hydrogens (tertiary/aromatic N) is 2. The summed E-state index contributed by atoms with van der Waals surface area (Å²) in [7, 11) is 0. The zero-order chi connectivity index (χ0) is 11.7. The van der Waals surface area contributed by atoms with Crippen LogP contribution in [0.3, 0.4) is 0 Å². The average molecular weight is 227 g/mol. The van der Waals surface area contributed by atoms with E-state index in [0.29, 0.717) is 0 Å². The molecule has 86 valence electrons. The largest absolute Gasteiger partial charge is 0.469 e. The smallest absolute Gasteiger partial charge is 0.177 e. The van der Waals surface area contributed by atoms with Crippen LogP contribution < -0.4 is 0 Å². The first-order valence-corrected chi connectivity index (χ1v) is 5.66. The molecule has 0 unspecified atom stereocenters. The second-order valence-electron chi connectivity index (χ2n) is 4.09. The summed E-state index contributed by atoms with van der Waals surface area (Å²) in [6, 6.07) is 7.88. The zero-order valence-electron chi connectivity index (χ0n) is 9.60. The highest BCUT2D eigenvalue weighted by molar-refractivity contribution is 5.70. The molecule has 0 spiro atoms. The van der Waals surface area contributed by atoms with Gasteiger partial charge in [-0.15, -0.1) is 0 Å². The molecule has 0 amide bonds. The predicted molar refractivity (Wildman–Crippen MR) is 64.7 cm³/mol. The lowest BCUT2D eigenvalue weighted by molar-refractivity contribution is 0.507. The predicted octanol–water partition coefficient (Wildman–Crippen LogP) is 2.64. The molecule has 0 radical (unpaired) electrons. The molecule has 4 nitrogen and oxygen atoms in total. The Labute approximate surface area is 98.7 Å². The van der Waals surface area contributed by atoms with E-state index >= 15 is 0 Å². The SMILES string of the molecule is Cc1ccc2[nH]c(CCc3ccco3)nc2n1. The fraction of sp³-hybridized carbons (Fsp3) is 0.231. The van der Waals surface area contributed by atoms with Gasteiger partial charge in [-0.05, 0) is 31.2 Å². The van der Waals surface area contributed by atoms with Crippen molar-refractivity contribution in [3.63, 3.8) is 0 Å². The van der Waals surface area contributed by atoms with Gasteiger partial charge < -0.3 is 9.40 Å². The van der Waals surface area contributed by atoms with Crippen molar-refractivity contribution in [2.75, 3.05) is 0 Å². The van der Waals surface area contributed by atoms with E-state index in [2.05, 4.69) is 15.0 Å². The number of imidazole rings is 1. The van der Waals surface area contributed by atoms with Crippen LogP contribution in [0.5, 0.6) is 0 Å². The molecule has 0 atom stereocenters. The molecule has 0 saturated heterocycles. The summed E-state index contributed by atoms with van der Waals surface area (Å²) in [5.74, 6) is 1.93. The maximum absolute atomic E-state index is 5.29. The summed E-state index contributed by atoms with van der Waals surface area (Å²) >= 11 is 0. The van der Waals surface area contributed by atoms with Gasteiger partial charge in [-0.3, -0.25) is 0 Å². The summed E-state index contributed by atoms with van der Waals surface area (Å²) < 4.78 is 5.29. The molecule has 0 aliphatic heterocycles. The number of H-pyrrole nitrogens is 1. The molecular formula is C13H13N3O. The fourth-order valence-corrected chi connectivity index (χ4v) is 1.85. The lowest BCUT2D eigenvalue weighted by Gasteiger charge is -1.92. The summed E-state index contributed by atoms with van der Waals surface area (Å²) in [6.07, 6.45) is 3.38. The van der Waals surface area contributed by atoms with Crippen LogP contribution in [0.1, 0.15) is 17.3 Å². The second-order valence-corrected chi connectivity index (χ2v) is 4.09. The highest BCUT2D eigenvalue weighted by Gasteiger charge is 2.05. The number of aromatic nitrogens is 3. The summed E-state index contributed by atoms with van der Waals surface area (Å²) in [6.45, 7) is 1.97. The van der Waals surface area contributed by atoms with Crippen LogP contribution >= 0.6 is 0 Å². The monoisotopic (exact) mass is 227 g/mol. The Morgan fingerprint density at radius 1 is 1.18 bits per heavy atom. The van der Waals surface area contributed by atoms with Gasteiger partial charge in [-0.25, -0.2) is 9.97 Å². The van der Waals surface area contributed by atoms with Gasteiger partial charge in [-0.1, -0.05) is 0 Å². The van der Waals surface area contributed by atoms with Gasteiger partial charge >= 0.3 is 0 Å². The lowest BCUT2D eigenvalue weighted by atomic mass is 10.2. The minimum Gasteiger partial charge on any atom is -0.469 e. The number of rotatable bonds is 3. The molecule has 3 aromatic rings. The van der Waals surface area contributed by atoms with E-state index in [0.717, 1.165) is 41.3 Å². The molecular weight excluding hydrogens is 214 g/mol. The van der Waals surface area contributed by atoms with Gasteiger partial charge in [0.1, 0.15) is 11.6 Å². The average Bonchev–Trinajstić information content (AvgIpc) is 2.94. The van der Waals surface area contributed by atoms with Crippen molar-refractivity contribution in [3.05, 3.63) is 47.8 Å². The maximum atomic E-state index is 5.29. The molecule has 17 heavy (non-hydrogen) atoms.